The first kappa shape index (κ1) is 11.7. The molecule has 0 fully saturated rings. The summed E-state index contributed by atoms with van der Waals surface area (Å²) in [5.41, 5.74) is 1.23. The predicted molar refractivity (Wildman–Crippen MR) is 66.5 cm³/mol. The summed E-state index contributed by atoms with van der Waals surface area (Å²) in [7, 11) is 1.47. The van der Waals surface area contributed by atoms with Gasteiger partial charge in [-0.15, -0.1) is 0 Å². The molecule has 1 aromatic heterocycles. The molecule has 0 amide bonds. The smallest absolute Gasteiger partial charge is 0.295 e. The Hall–Kier alpha value is -1.78. The van der Waals surface area contributed by atoms with Crippen molar-refractivity contribution in [3.05, 3.63) is 28.3 Å². The van der Waals surface area contributed by atoms with Gasteiger partial charge in [0.15, 0.2) is 5.82 Å². The van der Waals surface area contributed by atoms with E-state index in [9.17, 15) is 4.79 Å². The van der Waals surface area contributed by atoms with Gasteiger partial charge in [0.05, 0.1) is 13.4 Å². The first-order chi connectivity index (χ1) is 8.31. The van der Waals surface area contributed by atoms with E-state index in [1.54, 1.807) is 0 Å². The molecule has 0 spiro atoms. The molecule has 1 heterocycles. The Kier molecular flexibility index (Phi) is 3.80. The van der Waals surface area contributed by atoms with Crippen LogP contribution in [0.15, 0.2) is 22.8 Å². The third-order valence-electron chi connectivity index (χ3n) is 2.89. The highest BCUT2D eigenvalue weighted by atomic mass is 16.5. The lowest BCUT2D eigenvalue weighted by molar-refractivity contribution is 0.408. The molecule has 0 radical (unpaired) electrons. The number of nitrogens with one attached hydrogen (secondary N) is 2. The van der Waals surface area contributed by atoms with E-state index >= 15 is 0 Å². The van der Waals surface area contributed by atoms with E-state index in [1.807, 2.05) is 0 Å². The topological polar surface area (TPSA) is 67.0 Å². The molecule has 5 nitrogen and oxygen atoms in total. The highest BCUT2D eigenvalue weighted by molar-refractivity contribution is 5.47. The van der Waals surface area contributed by atoms with E-state index in [-0.39, 0.29) is 11.3 Å². The van der Waals surface area contributed by atoms with Crippen LogP contribution in [0.1, 0.15) is 25.7 Å². The number of hydrogen-bond donors (Lipinski definition) is 2. The lowest BCUT2D eigenvalue weighted by atomic mass is 10.2. The minimum atomic E-state index is -0.259. The van der Waals surface area contributed by atoms with Crippen LogP contribution >= 0.6 is 0 Å². The van der Waals surface area contributed by atoms with Crippen LogP contribution in [0.5, 0.6) is 5.75 Å². The molecule has 0 saturated heterocycles. The Morgan fingerprint density at radius 2 is 2.47 bits per heavy atom. The molecule has 17 heavy (non-hydrogen) atoms. The predicted octanol–water partition coefficient (Wildman–Crippen LogP) is 1.69. The molecule has 92 valence electrons. The van der Waals surface area contributed by atoms with Gasteiger partial charge in [-0.2, -0.15) is 0 Å². The Morgan fingerprint density at radius 1 is 1.59 bits per heavy atom. The van der Waals surface area contributed by atoms with Gasteiger partial charge in [0.2, 0.25) is 5.75 Å². The van der Waals surface area contributed by atoms with Gasteiger partial charge < -0.3 is 15.0 Å². The van der Waals surface area contributed by atoms with E-state index in [4.69, 9.17) is 4.74 Å². The zero-order chi connectivity index (χ0) is 12.1. The molecular weight excluding hydrogens is 218 g/mol. The maximum atomic E-state index is 11.4. The molecule has 0 saturated carbocycles. The first-order valence-electron chi connectivity index (χ1n) is 5.84. The summed E-state index contributed by atoms with van der Waals surface area (Å²) >= 11 is 0. The van der Waals surface area contributed by atoms with E-state index in [0.29, 0.717) is 5.82 Å². The number of anilines is 1. The van der Waals surface area contributed by atoms with Crippen molar-refractivity contribution in [3.63, 3.8) is 0 Å². The number of allylic oxidation sites excluding steroid dienone is 1. The van der Waals surface area contributed by atoms with Crippen LogP contribution in [0.25, 0.3) is 0 Å². The molecule has 2 N–H and O–H groups in total. The second-order valence-corrected chi connectivity index (χ2v) is 4.04. The van der Waals surface area contributed by atoms with Crippen molar-refractivity contribution in [3.8, 4) is 5.75 Å². The number of aromatic nitrogens is 2. The average molecular weight is 235 g/mol. The van der Waals surface area contributed by atoms with E-state index in [1.165, 1.54) is 38.3 Å². The molecule has 0 aromatic carbocycles. The normalized spacial score (nSPS) is 14.5. The molecule has 5 heteroatoms. The molecule has 2 rings (SSSR count). The fourth-order valence-corrected chi connectivity index (χ4v) is 2.01. The molecule has 0 bridgehead atoms. The Labute approximate surface area is 99.9 Å². The number of aromatic amines is 1. The minimum absolute atomic E-state index is 0.243. The fourth-order valence-electron chi connectivity index (χ4n) is 2.01. The van der Waals surface area contributed by atoms with Crippen LogP contribution in [-0.4, -0.2) is 23.6 Å². The fraction of sp³-hybridized carbons (Fsp3) is 0.500. The SMILES string of the molecule is COc1c(NCCC2=CCCC2)nc[nH]c1=O. The van der Waals surface area contributed by atoms with Crippen LogP contribution < -0.4 is 15.6 Å². The highest BCUT2D eigenvalue weighted by Gasteiger charge is 2.09. The van der Waals surface area contributed by atoms with E-state index in [2.05, 4.69) is 21.4 Å². The van der Waals surface area contributed by atoms with Crippen LogP contribution in [0, 0.1) is 0 Å². The second kappa shape index (κ2) is 5.52. The molecule has 1 aromatic rings. The number of ether oxygens (including phenoxy) is 1. The quantitative estimate of drug-likeness (QED) is 0.762. The number of nitrogens with zero attached hydrogens (tertiary/aromatic N) is 1. The lowest BCUT2D eigenvalue weighted by Crippen LogP contribution is -2.14. The van der Waals surface area contributed by atoms with Gasteiger partial charge in [0, 0.05) is 6.54 Å². The summed E-state index contributed by atoms with van der Waals surface area (Å²) in [6, 6.07) is 0. The van der Waals surface area contributed by atoms with Gasteiger partial charge >= 0.3 is 0 Å². The third kappa shape index (κ3) is 2.87. The summed E-state index contributed by atoms with van der Waals surface area (Å²) in [6.45, 7) is 0.776. The summed E-state index contributed by atoms with van der Waals surface area (Å²) in [4.78, 5) is 18.0. The third-order valence-corrected chi connectivity index (χ3v) is 2.89. The van der Waals surface area contributed by atoms with Crippen molar-refractivity contribution in [2.45, 2.75) is 25.7 Å². The van der Waals surface area contributed by atoms with Crippen LogP contribution in [0.3, 0.4) is 0 Å². The first-order valence-corrected chi connectivity index (χ1v) is 5.84. The van der Waals surface area contributed by atoms with Crippen molar-refractivity contribution >= 4 is 5.82 Å². The van der Waals surface area contributed by atoms with Crippen LogP contribution in [0.2, 0.25) is 0 Å². The van der Waals surface area contributed by atoms with Crippen molar-refractivity contribution in [1.29, 1.82) is 0 Å². The van der Waals surface area contributed by atoms with E-state index < -0.39 is 0 Å². The van der Waals surface area contributed by atoms with Crippen molar-refractivity contribution in [2.24, 2.45) is 0 Å². The van der Waals surface area contributed by atoms with Gasteiger partial charge in [0.1, 0.15) is 0 Å². The standard InChI is InChI=1S/C12H17N3O2/c1-17-10-11(14-8-15-12(10)16)13-7-6-9-4-2-3-5-9/h4,8H,2-3,5-7H2,1H3,(H2,13,14,15,16). The lowest BCUT2D eigenvalue weighted by Gasteiger charge is -2.08. The van der Waals surface area contributed by atoms with Gasteiger partial charge in [-0.1, -0.05) is 11.6 Å². The van der Waals surface area contributed by atoms with Crippen molar-refractivity contribution < 1.29 is 4.74 Å². The second-order valence-electron chi connectivity index (χ2n) is 4.04. The summed E-state index contributed by atoms with van der Waals surface area (Å²) < 4.78 is 5.02. The number of methoxy groups -OCH3 is 1. The Bertz CT molecular complexity index is 465. The van der Waals surface area contributed by atoms with Gasteiger partial charge in [0.25, 0.3) is 5.56 Å². The monoisotopic (exact) mass is 235 g/mol. The number of H-pyrrole nitrogens is 1. The molecule has 0 unspecified atom stereocenters. The van der Waals surface area contributed by atoms with Gasteiger partial charge in [-0.25, -0.2) is 4.98 Å². The maximum absolute atomic E-state index is 11.4. The maximum Gasteiger partial charge on any atom is 0.295 e. The highest BCUT2D eigenvalue weighted by Crippen LogP contribution is 2.21. The van der Waals surface area contributed by atoms with Crippen LogP contribution in [-0.2, 0) is 0 Å². The van der Waals surface area contributed by atoms with E-state index in [0.717, 1.165) is 13.0 Å². The van der Waals surface area contributed by atoms with Gasteiger partial charge in [-0.05, 0) is 25.7 Å². The Morgan fingerprint density at radius 3 is 3.18 bits per heavy atom. The Balaban J connectivity index is 1.94. The van der Waals surface area contributed by atoms with Crippen molar-refractivity contribution in [2.75, 3.05) is 19.0 Å². The summed E-state index contributed by atoms with van der Waals surface area (Å²) in [5.74, 6) is 0.753. The average Bonchev–Trinajstić information content (AvgIpc) is 2.82. The summed E-state index contributed by atoms with van der Waals surface area (Å²) in [6.07, 6.45) is 8.33. The molecule has 0 atom stereocenters. The van der Waals surface area contributed by atoms with Crippen molar-refractivity contribution in [1.82, 2.24) is 9.97 Å². The van der Waals surface area contributed by atoms with Crippen LogP contribution in [0.4, 0.5) is 5.82 Å². The zero-order valence-corrected chi connectivity index (χ0v) is 9.95. The minimum Gasteiger partial charge on any atom is -0.489 e. The number of hydrogen-bond acceptors (Lipinski definition) is 4. The molecule has 1 aliphatic rings. The van der Waals surface area contributed by atoms with Gasteiger partial charge in [-0.3, -0.25) is 4.79 Å². The summed E-state index contributed by atoms with van der Waals surface area (Å²) in [5, 5.41) is 3.13. The number of rotatable bonds is 5. The molecule has 1 aliphatic carbocycles. The molecule has 0 aliphatic heterocycles. The molecular formula is C12H17N3O2. The largest absolute Gasteiger partial charge is 0.489 e. The zero-order valence-electron chi connectivity index (χ0n) is 9.95.